The minimum absolute atomic E-state index is 0.000976. The molecule has 0 amide bonds. The predicted octanol–water partition coefficient (Wildman–Crippen LogP) is -1.50. The van der Waals surface area contributed by atoms with Gasteiger partial charge in [0.25, 0.3) is 18.7 Å². The Morgan fingerprint density at radius 3 is 2.38 bits per heavy atom. The molecule has 0 rings (SSSR count). The first kappa shape index (κ1) is 11.4. The van der Waals surface area contributed by atoms with Gasteiger partial charge in [-0.3, -0.25) is 14.4 Å². The topological polar surface area (TPSA) is 110 Å². The summed E-state index contributed by atoms with van der Waals surface area (Å²) in [7, 11) is 0. The fourth-order valence-electron chi connectivity index (χ4n) is 0.617. The first-order chi connectivity index (χ1) is 6.04. The fourth-order valence-corrected chi connectivity index (χ4v) is 0.617. The van der Waals surface area contributed by atoms with Crippen LogP contribution in [0.4, 0.5) is 0 Å². The summed E-state index contributed by atoms with van der Waals surface area (Å²) in [5.74, 6) is -3.69. The molecule has 0 fully saturated rings. The maximum atomic E-state index is 10.2. The lowest BCUT2D eigenvalue weighted by Crippen LogP contribution is -2.39. The van der Waals surface area contributed by atoms with Gasteiger partial charge in [-0.1, -0.05) is 0 Å². The van der Waals surface area contributed by atoms with E-state index in [0.717, 1.165) is 0 Å². The summed E-state index contributed by atoms with van der Waals surface area (Å²) in [6, 6.07) is 0. The van der Waals surface area contributed by atoms with Crippen molar-refractivity contribution in [1.29, 1.82) is 0 Å². The Labute approximate surface area is 72.9 Å². The van der Waals surface area contributed by atoms with Crippen LogP contribution < -0.4 is 0 Å². The number of rotatable bonds is 7. The number of aliphatic carboxylic acids is 1. The molecule has 0 spiro atoms. The van der Waals surface area contributed by atoms with Crippen LogP contribution in [0.15, 0.2) is 0 Å². The lowest BCUT2D eigenvalue weighted by molar-refractivity contribution is -0.220. The Kier molecular flexibility index (Phi) is 4.45. The third kappa shape index (κ3) is 4.75. The van der Waals surface area contributed by atoms with Crippen LogP contribution in [0.25, 0.3) is 0 Å². The summed E-state index contributed by atoms with van der Waals surface area (Å²) < 4.78 is 8.13. The average Bonchev–Trinajstić information content (AvgIpc) is 2.00. The molecule has 7 nitrogen and oxygen atoms in total. The van der Waals surface area contributed by atoms with E-state index in [1.165, 1.54) is 0 Å². The summed E-state index contributed by atoms with van der Waals surface area (Å²) in [6.45, 7) is -0.848. The highest BCUT2D eigenvalue weighted by molar-refractivity contribution is 5.68. The SMILES string of the molecule is O=COCC(O)(CC(=O)O)OC=O. The monoisotopic (exact) mass is 192 g/mol. The normalized spacial score (nSPS) is 13.9. The smallest absolute Gasteiger partial charge is 0.310 e. The Morgan fingerprint density at radius 2 is 2.00 bits per heavy atom. The summed E-state index contributed by atoms with van der Waals surface area (Å²) in [5.41, 5.74) is 0. The van der Waals surface area contributed by atoms with Gasteiger partial charge in [-0.25, -0.2) is 0 Å². The maximum absolute atomic E-state index is 10.2. The second-order valence-corrected chi connectivity index (χ2v) is 2.14. The third-order valence-corrected chi connectivity index (χ3v) is 1.07. The van der Waals surface area contributed by atoms with Crippen molar-refractivity contribution in [3.05, 3.63) is 0 Å². The number of aliphatic hydroxyl groups is 1. The highest BCUT2D eigenvalue weighted by Gasteiger charge is 2.33. The zero-order valence-corrected chi connectivity index (χ0v) is 6.50. The zero-order valence-electron chi connectivity index (χ0n) is 6.50. The average molecular weight is 192 g/mol. The van der Waals surface area contributed by atoms with E-state index in [-0.39, 0.29) is 12.9 Å². The molecule has 1 unspecified atom stereocenters. The molecule has 1 atom stereocenters. The second-order valence-electron chi connectivity index (χ2n) is 2.14. The number of hydrogen-bond donors (Lipinski definition) is 2. The van der Waals surface area contributed by atoms with Crippen molar-refractivity contribution in [3.63, 3.8) is 0 Å². The molecule has 0 aromatic heterocycles. The predicted molar refractivity (Wildman–Crippen MR) is 36.4 cm³/mol. The van der Waals surface area contributed by atoms with Crippen molar-refractivity contribution in [1.82, 2.24) is 0 Å². The van der Waals surface area contributed by atoms with Gasteiger partial charge in [-0.05, 0) is 0 Å². The molecule has 2 N–H and O–H groups in total. The van der Waals surface area contributed by atoms with Gasteiger partial charge in [-0.2, -0.15) is 0 Å². The first-order valence-electron chi connectivity index (χ1n) is 3.15. The van der Waals surface area contributed by atoms with Gasteiger partial charge in [-0.15, -0.1) is 0 Å². The van der Waals surface area contributed by atoms with E-state index < -0.39 is 24.8 Å². The molecule has 0 aliphatic heterocycles. The molecule has 0 aliphatic rings. The molecule has 0 heterocycles. The number of carboxylic acids is 1. The molecule has 13 heavy (non-hydrogen) atoms. The Bertz CT molecular complexity index is 201. The lowest BCUT2D eigenvalue weighted by Gasteiger charge is -2.22. The summed E-state index contributed by atoms with van der Waals surface area (Å²) in [4.78, 5) is 29.7. The number of hydrogen-bond acceptors (Lipinski definition) is 6. The standard InChI is InChI=1S/C6H8O7/c7-3-12-2-6(11,13-4-8)1-5(9)10/h3-4,11H,1-2H2,(H,9,10). The van der Waals surface area contributed by atoms with E-state index in [0.29, 0.717) is 0 Å². The van der Waals surface area contributed by atoms with Crippen molar-refractivity contribution >= 4 is 18.9 Å². The van der Waals surface area contributed by atoms with E-state index in [2.05, 4.69) is 9.47 Å². The van der Waals surface area contributed by atoms with Gasteiger partial charge >= 0.3 is 5.97 Å². The fraction of sp³-hybridized carbons (Fsp3) is 0.500. The molecule has 0 saturated heterocycles. The van der Waals surface area contributed by atoms with Crippen molar-refractivity contribution < 1.29 is 34.1 Å². The number of carbonyl (C=O) groups is 3. The van der Waals surface area contributed by atoms with Crippen LogP contribution in [0.2, 0.25) is 0 Å². The summed E-state index contributed by atoms with van der Waals surface area (Å²) >= 11 is 0. The largest absolute Gasteiger partial charge is 0.481 e. The van der Waals surface area contributed by atoms with Crippen LogP contribution >= 0.6 is 0 Å². The second kappa shape index (κ2) is 5.09. The van der Waals surface area contributed by atoms with E-state index in [1.807, 2.05) is 0 Å². The maximum Gasteiger partial charge on any atom is 0.310 e. The van der Waals surface area contributed by atoms with Crippen molar-refractivity contribution in [2.24, 2.45) is 0 Å². The van der Waals surface area contributed by atoms with Crippen LogP contribution in [0.1, 0.15) is 6.42 Å². The van der Waals surface area contributed by atoms with Crippen LogP contribution in [-0.4, -0.2) is 41.5 Å². The minimum atomic E-state index is -2.30. The van der Waals surface area contributed by atoms with E-state index in [1.54, 1.807) is 0 Å². The van der Waals surface area contributed by atoms with E-state index in [4.69, 9.17) is 5.11 Å². The molecule has 74 valence electrons. The highest BCUT2D eigenvalue weighted by atomic mass is 16.7. The Hall–Kier alpha value is -1.63. The molecular weight excluding hydrogens is 184 g/mol. The van der Waals surface area contributed by atoms with Crippen molar-refractivity contribution in [2.75, 3.05) is 6.61 Å². The molecule has 0 aromatic carbocycles. The molecule has 0 radical (unpaired) electrons. The van der Waals surface area contributed by atoms with Crippen LogP contribution in [0, 0.1) is 0 Å². The van der Waals surface area contributed by atoms with Gasteiger partial charge in [0.2, 0.25) is 0 Å². The Balaban J connectivity index is 4.22. The molecular formula is C6H8O7. The number of carboxylic acid groups (broad SMARTS) is 1. The molecule has 7 heteroatoms. The first-order valence-corrected chi connectivity index (χ1v) is 3.15. The number of ether oxygens (including phenoxy) is 2. The van der Waals surface area contributed by atoms with Gasteiger partial charge in [0.1, 0.15) is 6.42 Å². The van der Waals surface area contributed by atoms with Gasteiger partial charge in [0, 0.05) is 0 Å². The van der Waals surface area contributed by atoms with Crippen LogP contribution in [0.5, 0.6) is 0 Å². The molecule has 0 aliphatic carbocycles. The van der Waals surface area contributed by atoms with E-state index >= 15 is 0 Å². The minimum Gasteiger partial charge on any atom is -0.481 e. The van der Waals surface area contributed by atoms with Crippen molar-refractivity contribution in [2.45, 2.75) is 12.2 Å². The van der Waals surface area contributed by atoms with Gasteiger partial charge < -0.3 is 19.7 Å². The third-order valence-electron chi connectivity index (χ3n) is 1.07. The van der Waals surface area contributed by atoms with Crippen LogP contribution in [0.3, 0.4) is 0 Å². The Morgan fingerprint density at radius 1 is 1.38 bits per heavy atom. The van der Waals surface area contributed by atoms with Crippen molar-refractivity contribution in [3.8, 4) is 0 Å². The zero-order chi connectivity index (χ0) is 10.3. The lowest BCUT2D eigenvalue weighted by atomic mass is 10.2. The number of carbonyl (C=O) groups excluding carboxylic acids is 2. The molecule has 0 aromatic rings. The van der Waals surface area contributed by atoms with Gasteiger partial charge in [0.05, 0.1) is 0 Å². The molecule has 0 saturated carbocycles. The summed E-state index contributed by atoms with van der Waals surface area (Å²) in [5, 5.41) is 17.5. The van der Waals surface area contributed by atoms with E-state index in [9.17, 15) is 19.5 Å². The van der Waals surface area contributed by atoms with Gasteiger partial charge in [0.15, 0.2) is 6.61 Å². The molecule has 0 bridgehead atoms. The van der Waals surface area contributed by atoms with Crippen LogP contribution in [-0.2, 0) is 23.9 Å². The quantitative estimate of drug-likeness (QED) is 0.373. The highest BCUT2D eigenvalue weighted by Crippen LogP contribution is 2.11. The summed E-state index contributed by atoms with van der Waals surface area (Å²) in [6.07, 6.45) is -0.862.